The first kappa shape index (κ1) is 22.1. The van der Waals surface area contributed by atoms with Crippen LogP contribution in [0.1, 0.15) is 31.4 Å². The lowest BCUT2D eigenvalue weighted by atomic mass is 10.1. The minimum atomic E-state index is -3.23. The summed E-state index contributed by atoms with van der Waals surface area (Å²) in [5.41, 5.74) is 1.57. The van der Waals surface area contributed by atoms with Gasteiger partial charge in [-0.1, -0.05) is 12.1 Å². The average molecular weight is 381 g/mol. The highest BCUT2D eigenvalue weighted by molar-refractivity contribution is 7.88. The maximum Gasteiger partial charge on any atom is 0.234 e. The highest BCUT2D eigenvalue weighted by Gasteiger charge is 2.19. The molecule has 1 rings (SSSR count). The molecular formula is C18H28N4O3S. The third-order valence-electron chi connectivity index (χ3n) is 3.80. The molecule has 0 aliphatic heterocycles. The van der Waals surface area contributed by atoms with Crippen LogP contribution in [0.4, 0.5) is 0 Å². The van der Waals surface area contributed by atoms with E-state index in [1.807, 2.05) is 37.9 Å². The van der Waals surface area contributed by atoms with Gasteiger partial charge in [-0.3, -0.25) is 9.69 Å². The van der Waals surface area contributed by atoms with E-state index in [1.165, 1.54) is 10.6 Å². The van der Waals surface area contributed by atoms with Gasteiger partial charge in [0.1, 0.15) is 0 Å². The summed E-state index contributed by atoms with van der Waals surface area (Å²) < 4.78 is 24.8. The van der Waals surface area contributed by atoms with E-state index in [1.54, 1.807) is 12.1 Å². The molecule has 0 unspecified atom stereocenters. The van der Waals surface area contributed by atoms with Gasteiger partial charge in [-0.25, -0.2) is 8.42 Å². The van der Waals surface area contributed by atoms with E-state index in [4.69, 9.17) is 5.26 Å². The number of hydrogen-bond acceptors (Lipinski definition) is 5. The lowest BCUT2D eigenvalue weighted by molar-refractivity contribution is -0.122. The molecule has 1 N–H and O–H groups in total. The van der Waals surface area contributed by atoms with Gasteiger partial charge in [-0.05, 0) is 45.0 Å². The number of nitriles is 1. The zero-order valence-electron chi connectivity index (χ0n) is 15.9. The molecule has 0 aliphatic rings. The molecule has 0 aromatic heterocycles. The van der Waals surface area contributed by atoms with Crippen molar-refractivity contribution in [1.82, 2.24) is 14.5 Å². The van der Waals surface area contributed by atoms with Crippen LogP contribution in [0.3, 0.4) is 0 Å². The topological polar surface area (TPSA) is 93.5 Å². The first-order valence-electron chi connectivity index (χ1n) is 8.54. The molecule has 0 bridgehead atoms. The highest BCUT2D eigenvalue weighted by atomic mass is 32.2. The molecule has 0 saturated carbocycles. The summed E-state index contributed by atoms with van der Waals surface area (Å²) >= 11 is 0. The van der Waals surface area contributed by atoms with Gasteiger partial charge in [-0.15, -0.1) is 0 Å². The van der Waals surface area contributed by atoms with E-state index in [9.17, 15) is 13.2 Å². The molecular weight excluding hydrogens is 352 g/mol. The zero-order valence-corrected chi connectivity index (χ0v) is 16.7. The van der Waals surface area contributed by atoms with Gasteiger partial charge in [-0.2, -0.15) is 9.57 Å². The summed E-state index contributed by atoms with van der Waals surface area (Å²) in [6.07, 6.45) is 1.76. The van der Waals surface area contributed by atoms with Crippen molar-refractivity contribution in [2.45, 2.75) is 32.9 Å². The molecule has 1 aromatic rings. The van der Waals surface area contributed by atoms with Crippen LogP contribution < -0.4 is 5.32 Å². The lowest BCUT2D eigenvalue weighted by Crippen LogP contribution is -2.39. The largest absolute Gasteiger partial charge is 0.355 e. The Morgan fingerprint density at radius 3 is 2.62 bits per heavy atom. The van der Waals surface area contributed by atoms with E-state index in [0.29, 0.717) is 31.6 Å². The summed E-state index contributed by atoms with van der Waals surface area (Å²) in [5.74, 6) is -0.112. The van der Waals surface area contributed by atoms with Crippen molar-refractivity contribution in [3.8, 4) is 6.07 Å². The molecule has 7 nitrogen and oxygen atoms in total. The third-order valence-corrected chi connectivity index (χ3v) is 5.26. The number of nitrogens with one attached hydrogen (secondary N) is 1. The number of benzene rings is 1. The smallest absolute Gasteiger partial charge is 0.234 e. The minimum Gasteiger partial charge on any atom is -0.355 e. The molecule has 26 heavy (non-hydrogen) atoms. The number of carbonyl (C=O) groups is 1. The van der Waals surface area contributed by atoms with Crippen molar-refractivity contribution < 1.29 is 13.2 Å². The fourth-order valence-corrected chi connectivity index (χ4v) is 3.90. The Balaban J connectivity index is 2.36. The molecule has 1 aromatic carbocycles. The molecule has 0 radical (unpaired) electrons. The first-order valence-corrected chi connectivity index (χ1v) is 10.4. The van der Waals surface area contributed by atoms with Gasteiger partial charge in [0.15, 0.2) is 0 Å². The normalized spacial score (nSPS) is 11.8. The molecule has 0 saturated heterocycles. The fraction of sp³-hybridized carbons (Fsp3) is 0.556. The van der Waals surface area contributed by atoms with Crippen LogP contribution in [0.5, 0.6) is 0 Å². The summed E-state index contributed by atoms with van der Waals surface area (Å²) in [5, 5.41) is 11.7. The number of rotatable bonds is 10. The monoisotopic (exact) mass is 380 g/mol. The SMILES string of the molecule is CC(C)N(CCCNC(=O)CN(C)Cc1cccc(C#N)c1)S(C)(=O)=O. The van der Waals surface area contributed by atoms with Gasteiger partial charge < -0.3 is 5.32 Å². The Hall–Kier alpha value is -1.95. The third kappa shape index (κ3) is 7.95. The number of carbonyl (C=O) groups excluding carboxylic acids is 1. The van der Waals surface area contributed by atoms with Crippen LogP contribution in [0.2, 0.25) is 0 Å². The van der Waals surface area contributed by atoms with Crippen LogP contribution in [0.25, 0.3) is 0 Å². The molecule has 8 heteroatoms. The van der Waals surface area contributed by atoms with Crippen LogP contribution >= 0.6 is 0 Å². The first-order chi connectivity index (χ1) is 12.1. The quantitative estimate of drug-likeness (QED) is 0.615. The summed E-state index contributed by atoms with van der Waals surface area (Å²) in [4.78, 5) is 13.9. The van der Waals surface area contributed by atoms with Crippen molar-refractivity contribution in [2.24, 2.45) is 0 Å². The molecule has 1 amide bonds. The molecule has 0 aliphatic carbocycles. The Labute approximate surface area is 156 Å². The van der Waals surface area contributed by atoms with Crippen molar-refractivity contribution >= 4 is 15.9 Å². The Morgan fingerprint density at radius 1 is 1.35 bits per heavy atom. The van der Waals surface area contributed by atoms with E-state index in [2.05, 4.69) is 11.4 Å². The second kappa shape index (κ2) is 10.3. The molecule has 144 valence electrons. The minimum absolute atomic E-state index is 0.101. The maximum absolute atomic E-state index is 12.0. The zero-order chi connectivity index (χ0) is 19.7. The van der Waals surface area contributed by atoms with Crippen molar-refractivity contribution in [1.29, 1.82) is 5.26 Å². The van der Waals surface area contributed by atoms with E-state index >= 15 is 0 Å². The van der Waals surface area contributed by atoms with Gasteiger partial charge >= 0.3 is 0 Å². The molecule has 0 spiro atoms. The predicted octanol–water partition coefficient (Wildman–Crippen LogP) is 1.17. The Kier molecular flexibility index (Phi) is 8.72. The average Bonchev–Trinajstić information content (AvgIpc) is 2.52. The van der Waals surface area contributed by atoms with Gasteiger partial charge in [0.2, 0.25) is 15.9 Å². The summed E-state index contributed by atoms with van der Waals surface area (Å²) in [7, 11) is -1.40. The second-order valence-electron chi connectivity index (χ2n) is 6.66. The van der Waals surface area contributed by atoms with E-state index in [-0.39, 0.29) is 18.5 Å². The fourth-order valence-electron chi connectivity index (χ4n) is 2.68. The van der Waals surface area contributed by atoms with Crippen molar-refractivity contribution in [3.63, 3.8) is 0 Å². The summed E-state index contributed by atoms with van der Waals surface area (Å²) in [6.45, 7) is 5.27. The predicted molar refractivity (Wildman–Crippen MR) is 102 cm³/mol. The van der Waals surface area contributed by atoms with Gasteiger partial charge in [0.25, 0.3) is 0 Å². The second-order valence-corrected chi connectivity index (χ2v) is 8.59. The lowest BCUT2D eigenvalue weighted by Gasteiger charge is -2.24. The van der Waals surface area contributed by atoms with E-state index < -0.39 is 10.0 Å². The molecule has 0 heterocycles. The summed E-state index contributed by atoms with van der Waals surface area (Å²) in [6, 6.07) is 9.29. The molecule has 0 atom stereocenters. The van der Waals surface area contributed by atoms with Crippen LogP contribution in [0, 0.1) is 11.3 Å². The Bertz CT molecular complexity index is 741. The number of amides is 1. The standard InChI is InChI=1S/C18H28N4O3S/c1-15(2)22(26(4,24)25)10-6-9-20-18(23)14-21(3)13-17-8-5-7-16(11-17)12-19/h5,7-8,11,15H,6,9-10,13-14H2,1-4H3,(H,20,23). The number of nitrogens with zero attached hydrogens (tertiary/aromatic N) is 3. The number of likely N-dealkylation sites (N-methyl/N-ethyl adjacent to an activating group) is 1. The van der Waals surface area contributed by atoms with Crippen molar-refractivity contribution in [2.75, 3.05) is 32.9 Å². The van der Waals surface area contributed by atoms with Gasteiger partial charge in [0, 0.05) is 25.7 Å². The van der Waals surface area contributed by atoms with Crippen molar-refractivity contribution in [3.05, 3.63) is 35.4 Å². The van der Waals surface area contributed by atoms with Crippen LogP contribution in [-0.4, -0.2) is 62.5 Å². The highest BCUT2D eigenvalue weighted by Crippen LogP contribution is 2.07. The molecule has 0 fully saturated rings. The van der Waals surface area contributed by atoms with Crippen LogP contribution in [0.15, 0.2) is 24.3 Å². The number of sulfonamides is 1. The Morgan fingerprint density at radius 2 is 2.04 bits per heavy atom. The maximum atomic E-state index is 12.0. The van der Waals surface area contributed by atoms with Crippen LogP contribution in [-0.2, 0) is 21.4 Å². The number of hydrogen-bond donors (Lipinski definition) is 1. The van der Waals surface area contributed by atoms with E-state index in [0.717, 1.165) is 5.56 Å². The van der Waals surface area contributed by atoms with Gasteiger partial charge in [0.05, 0.1) is 24.4 Å².